The smallest absolute Gasteiger partial charge is 0.257 e. The molecule has 9 nitrogen and oxygen atoms in total. The average Bonchev–Trinajstić information content (AvgIpc) is 3.63. The van der Waals surface area contributed by atoms with Crippen molar-refractivity contribution in [1.82, 2.24) is 9.03 Å². The van der Waals surface area contributed by atoms with Gasteiger partial charge in [0.05, 0.1) is 28.2 Å². The fourth-order valence-corrected chi connectivity index (χ4v) is 6.79. The van der Waals surface area contributed by atoms with E-state index in [1.54, 1.807) is 12.1 Å². The predicted molar refractivity (Wildman–Crippen MR) is 123 cm³/mol. The summed E-state index contributed by atoms with van der Waals surface area (Å²) in [5, 5.41) is 2.64. The Balaban J connectivity index is 1.64. The minimum atomic E-state index is -3.85. The molecule has 178 valence electrons. The van der Waals surface area contributed by atoms with E-state index in [1.165, 1.54) is 41.7 Å². The third-order valence-electron chi connectivity index (χ3n) is 5.69. The summed E-state index contributed by atoms with van der Waals surface area (Å²) in [5.74, 6) is -0.417. The summed E-state index contributed by atoms with van der Waals surface area (Å²) < 4.78 is 60.9. The second-order valence-corrected chi connectivity index (χ2v) is 11.8. The standard InChI is InChI=1S/C22H27N3O6S2/c1-31-20-12-11-17(32(27,28)24-16-9-10-16)15-19(20)23-22(26)18-7-3-4-8-21(18)33(29,30)25-13-5-2-6-14-25/h3-4,7-8,11-12,15-16,24H,2,5-6,9-10,13-14H2,1H3,(H,23,26). The number of hydrogen-bond acceptors (Lipinski definition) is 6. The molecule has 11 heteroatoms. The summed E-state index contributed by atoms with van der Waals surface area (Å²) in [5.41, 5.74) is 0.112. The van der Waals surface area contributed by atoms with Gasteiger partial charge in [0, 0.05) is 19.1 Å². The van der Waals surface area contributed by atoms with E-state index in [9.17, 15) is 21.6 Å². The molecule has 0 unspecified atom stereocenters. The third-order valence-corrected chi connectivity index (χ3v) is 9.17. The van der Waals surface area contributed by atoms with E-state index in [0.29, 0.717) is 13.1 Å². The first-order valence-electron chi connectivity index (χ1n) is 10.8. The fourth-order valence-electron chi connectivity index (χ4n) is 3.75. The molecule has 1 saturated carbocycles. The number of sulfonamides is 2. The van der Waals surface area contributed by atoms with Crippen LogP contribution in [0.15, 0.2) is 52.3 Å². The molecule has 2 aromatic rings. The largest absolute Gasteiger partial charge is 0.495 e. The normalized spacial score (nSPS) is 17.5. The van der Waals surface area contributed by atoms with Crippen molar-refractivity contribution in [2.24, 2.45) is 0 Å². The summed E-state index contributed by atoms with van der Waals surface area (Å²) in [4.78, 5) is 13.1. The van der Waals surface area contributed by atoms with E-state index in [-0.39, 0.29) is 32.8 Å². The second-order valence-electron chi connectivity index (χ2n) is 8.17. The number of carbonyl (C=O) groups excluding carboxylic acids is 1. The topological polar surface area (TPSA) is 122 Å². The van der Waals surface area contributed by atoms with Crippen LogP contribution in [0, 0.1) is 0 Å². The van der Waals surface area contributed by atoms with Crippen LogP contribution in [0.5, 0.6) is 5.75 Å². The third kappa shape index (κ3) is 5.21. The van der Waals surface area contributed by atoms with Gasteiger partial charge < -0.3 is 10.1 Å². The minimum Gasteiger partial charge on any atom is -0.495 e. The number of methoxy groups -OCH3 is 1. The van der Waals surface area contributed by atoms with E-state index in [1.807, 2.05) is 0 Å². The summed E-state index contributed by atoms with van der Waals surface area (Å²) >= 11 is 0. The summed E-state index contributed by atoms with van der Waals surface area (Å²) in [6.45, 7) is 0.833. The zero-order chi connectivity index (χ0) is 23.6. The Kier molecular flexibility index (Phi) is 6.76. The Bertz CT molecular complexity index is 1250. The molecule has 1 amide bonds. The fraction of sp³-hybridized carbons (Fsp3) is 0.409. The van der Waals surface area contributed by atoms with Gasteiger partial charge in [-0.3, -0.25) is 4.79 Å². The van der Waals surface area contributed by atoms with Crippen LogP contribution in [0.4, 0.5) is 5.69 Å². The Morgan fingerprint density at radius 2 is 1.70 bits per heavy atom. The molecule has 1 heterocycles. The Labute approximate surface area is 194 Å². The lowest BCUT2D eigenvalue weighted by Crippen LogP contribution is -2.36. The number of benzene rings is 2. The quantitative estimate of drug-likeness (QED) is 0.583. The van der Waals surface area contributed by atoms with Gasteiger partial charge in [-0.05, 0) is 56.0 Å². The molecular weight excluding hydrogens is 466 g/mol. The molecule has 0 bridgehead atoms. The van der Waals surface area contributed by atoms with Crippen LogP contribution >= 0.6 is 0 Å². The first kappa shape index (κ1) is 23.7. The predicted octanol–water partition coefficient (Wildman–Crippen LogP) is 2.56. The van der Waals surface area contributed by atoms with Gasteiger partial charge in [0.25, 0.3) is 5.91 Å². The minimum absolute atomic E-state index is 0.0141. The number of amides is 1. The summed E-state index contributed by atoms with van der Waals surface area (Å²) in [6, 6.07) is 10.1. The van der Waals surface area contributed by atoms with Crippen molar-refractivity contribution in [3.8, 4) is 5.75 Å². The van der Waals surface area contributed by atoms with Crippen LogP contribution in [-0.2, 0) is 20.0 Å². The van der Waals surface area contributed by atoms with E-state index in [2.05, 4.69) is 10.0 Å². The molecule has 1 aliphatic carbocycles. The molecular formula is C22H27N3O6S2. The van der Waals surface area contributed by atoms with Gasteiger partial charge in [0.1, 0.15) is 5.75 Å². The van der Waals surface area contributed by atoms with Gasteiger partial charge >= 0.3 is 0 Å². The zero-order valence-corrected chi connectivity index (χ0v) is 19.9. The number of nitrogens with one attached hydrogen (secondary N) is 2. The highest BCUT2D eigenvalue weighted by Gasteiger charge is 2.31. The maximum Gasteiger partial charge on any atom is 0.257 e. The molecule has 0 aromatic heterocycles. The second kappa shape index (κ2) is 9.41. The summed E-state index contributed by atoms with van der Waals surface area (Å²) in [6.07, 6.45) is 4.12. The molecule has 2 N–H and O–H groups in total. The van der Waals surface area contributed by atoms with Crippen molar-refractivity contribution >= 4 is 31.6 Å². The van der Waals surface area contributed by atoms with Crippen LogP contribution in [-0.4, -0.2) is 53.3 Å². The van der Waals surface area contributed by atoms with Crippen LogP contribution in [0.1, 0.15) is 42.5 Å². The molecule has 0 spiro atoms. The average molecular weight is 494 g/mol. The molecule has 2 fully saturated rings. The van der Waals surface area contributed by atoms with Crippen LogP contribution in [0.25, 0.3) is 0 Å². The van der Waals surface area contributed by atoms with E-state index < -0.39 is 26.0 Å². The van der Waals surface area contributed by atoms with Gasteiger partial charge in [-0.1, -0.05) is 18.6 Å². The summed E-state index contributed by atoms with van der Waals surface area (Å²) in [7, 11) is -6.20. The Morgan fingerprint density at radius 1 is 1.00 bits per heavy atom. The number of rotatable bonds is 8. The maximum absolute atomic E-state index is 13.2. The molecule has 0 atom stereocenters. The lowest BCUT2D eigenvalue weighted by molar-refractivity contribution is 0.102. The number of carbonyl (C=O) groups is 1. The Morgan fingerprint density at radius 3 is 2.36 bits per heavy atom. The van der Waals surface area contributed by atoms with Crippen LogP contribution in [0.2, 0.25) is 0 Å². The lowest BCUT2D eigenvalue weighted by Gasteiger charge is -2.26. The highest BCUT2D eigenvalue weighted by Crippen LogP contribution is 2.31. The number of nitrogens with zero attached hydrogens (tertiary/aromatic N) is 1. The number of ether oxygens (including phenoxy) is 1. The highest BCUT2D eigenvalue weighted by molar-refractivity contribution is 7.89. The monoisotopic (exact) mass is 493 g/mol. The molecule has 2 aromatic carbocycles. The first-order chi connectivity index (χ1) is 15.7. The van der Waals surface area contributed by atoms with Gasteiger partial charge in [-0.25, -0.2) is 21.6 Å². The molecule has 33 heavy (non-hydrogen) atoms. The molecule has 0 radical (unpaired) electrons. The lowest BCUT2D eigenvalue weighted by atomic mass is 10.2. The van der Waals surface area contributed by atoms with Gasteiger partial charge in [-0.2, -0.15) is 4.31 Å². The molecule has 1 aliphatic heterocycles. The SMILES string of the molecule is COc1ccc(S(=O)(=O)NC2CC2)cc1NC(=O)c1ccccc1S(=O)(=O)N1CCCCC1. The molecule has 4 rings (SSSR count). The number of piperidine rings is 1. The molecule has 2 aliphatic rings. The van der Waals surface area contributed by atoms with Crippen LogP contribution < -0.4 is 14.8 Å². The van der Waals surface area contributed by atoms with Crippen molar-refractivity contribution in [3.63, 3.8) is 0 Å². The van der Waals surface area contributed by atoms with Gasteiger partial charge in [-0.15, -0.1) is 0 Å². The van der Waals surface area contributed by atoms with E-state index in [4.69, 9.17) is 4.74 Å². The van der Waals surface area contributed by atoms with Gasteiger partial charge in [0.2, 0.25) is 20.0 Å². The van der Waals surface area contributed by atoms with Crippen molar-refractivity contribution in [1.29, 1.82) is 0 Å². The van der Waals surface area contributed by atoms with Gasteiger partial charge in [0.15, 0.2) is 0 Å². The van der Waals surface area contributed by atoms with E-state index >= 15 is 0 Å². The number of anilines is 1. The van der Waals surface area contributed by atoms with Crippen molar-refractivity contribution in [3.05, 3.63) is 48.0 Å². The van der Waals surface area contributed by atoms with E-state index in [0.717, 1.165) is 32.1 Å². The molecule has 1 saturated heterocycles. The number of hydrogen-bond donors (Lipinski definition) is 2. The van der Waals surface area contributed by atoms with Crippen molar-refractivity contribution in [2.45, 2.75) is 47.9 Å². The zero-order valence-electron chi connectivity index (χ0n) is 18.3. The van der Waals surface area contributed by atoms with Crippen molar-refractivity contribution < 1.29 is 26.4 Å². The Hall–Kier alpha value is -2.47. The maximum atomic E-state index is 13.2. The first-order valence-corrected chi connectivity index (χ1v) is 13.8. The highest BCUT2D eigenvalue weighted by atomic mass is 32.2. The van der Waals surface area contributed by atoms with Crippen LogP contribution in [0.3, 0.4) is 0 Å². The van der Waals surface area contributed by atoms with Crippen molar-refractivity contribution in [2.75, 3.05) is 25.5 Å².